The van der Waals surface area contributed by atoms with Crippen LogP contribution in [0.25, 0.3) is 0 Å². The second-order valence-electron chi connectivity index (χ2n) is 5.19. The van der Waals surface area contributed by atoms with Crippen LogP contribution in [0, 0.1) is 25.2 Å². The van der Waals surface area contributed by atoms with Crippen LogP contribution in [0.3, 0.4) is 0 Å². The predicted molar refractivity (Wildman–Crippen MR) is 98.3 cm³/mol. The zero-order valence-corrected chi connectivity index (χ0v) is 14.7. The summed E-state index contributed by atoms with van der Waals surface area (Å²) in [6, 6.07) is 12.4. The second kappa shape index (κ2) is 7.87. The normalized spacial score (nSPS) is 10.9. The molecule has 2 rings (SSSR count). The lowest BCUT2D eigenvalue weighted by Crippen LogP contribution is -2.14. The molecule has 0 radical (unpaired) electrons. The van der Waals surface area contributed by atoms with Crippen molar-refractivity contribution in [2.75, 3.05) is 10.6 Å². The summed E-state index contributed by atoms with van der Waals surface area (Å²) in [6.45, 7) is 3.76. The van der Waals surface area contributed by atoms with Gasteiger partial charge in [0.15, 0.2) is 0 Å². The summed E-state index contributed by atoms with van der Waals surface area (Å²) < 4.78 is 0. The van der Waals surface area contributed by atoms with Crippen LogP contribution in [-0.4, -0.2) is 5.91 Å². The quantitative estimate of drug-likeness (QED) is 0.591. The molecule has 0 aliphatic heterocycles. The van der Waals surface area contributed by atoms with Crippen LogP contribution in [-0.2, 0) is 4.79 Å². The number of amides is 1. The summed E-state index contributed by atoms with van der Waals surface area (Å²) in [5, 5.41) is 15.9. The Kier molecular flexibility index (Phi) is 5.86. The number of carbonyl (C=O) groups is 1. The Hall–Kier alpha value is -2.48. The number of hydrogen-bond acceptors (Lipinski definition) is 3. The summed E-state index contributed by atoms with van der Waals surface area (Å²) in [5.74, 6) is -0.524. The minimum Gasteiger partial charge on any atom is -0.360 e. The number of nitrogens with one attached hydrogen (secondary N) is 2. The molecule has 0 unspecified atom stereocenters. The van der Waals surface area contributed by atoms with Crippen LogP contribution in [0.5, 0.6) is 0 Å². The molecule has 0 aliphatic rings. The lowest BCUT2D eigenvalue weighted by Gasteiger charge is -2.08. The summed E-state index contributed by atoms with van der Waals surface area (Å²) in [4.78, 5) is 12.2. The van der Waals surface area contributed by atoms with E-state index in [1.165, 1.54) is 6.20 Å². The van der Waals surface area contributed by atoms with Crippen molar-refractivity contribution >= 4 is 40.5 Å². The highest BCUT2D eigenvalue weighted by Gasteiger charge is 2.10. The number of hydrogen-bond donors (Lipinski definition) is 2. The van der Waals surface area contributed by atoms with Gasteiger partial charge in [0.05, 0.1) is 0 Å². The Labute approximate surface area is 150 Å². The molecule has 6 heteroatoms. The van der Waals surface area contributed by atoms with E-state index in [-0.39, 0.29) is 5.57 Å². The molecule has 4 nitrogen and oxygen atoms in total. The molecule has 122 valence electrons. The maximum absolute atomic E-state index is 12.2. The second-order valence-corrected chi connectivity index (χ2v) is 6.04. The van der Waals surface area contributed by atoms with Crippen molar-refractivity contribution in [1.29, 1.82) is 5.26 Å². The number of aryl methyl sites for hydroxylation is 2. The maximum Gasteiger partial charge on any atom is 0.267 e. The van der Waals surface area contributed by atoms with Crippen LogP contribution < -0.4 is 10.6 Å². The van der Waals surface area contributed by atoms with E-state index in [4.69, 9.17) is 23.2 Å². The van der Waals surface area contributed by atoms with Crippen molar-refractivity contribution < 1.29 is 4.79 Å². The Morgan fingerprint density at radius 3 is 2.50 bits per heavy atom. The highest BCUT2D eigenvalue weighted by Crippen LogP contribution is 2.22. The first-order chi connectivity index (χ1) is 11.4. The highest BCUT2D eigenvalue weighted by molar-refractivity contribution is 6.31. The first kappa shape index (κ1) is 17.9. The van der Waals surface area contributed by atoms with Crippen LogP contribution in [0.4, 0.5) is 11.4 Å². The first-order valence-electron chi connectivity index (χ1n) is 7.11. The first-order valence-corrected chi connectivity index (χ1v) is 7.87. The van der Waals surface area contributed by atoms with Crippen LogP contribution in [0.1, 0.15) is 11.1 Å². The van der Waals surface area contributed by atoms with Crippen molar-refractivity contribution in [3.63, 3.8) is 0 Å². The third-order valence-corrected chi connectivity index (χ3v) is 4.01. The van der Waals surface area contributed by atoms with E-state index in [1.807, 2.05) is 26.0 Å². The minimum absolute atomic E-state index is 0.0638. The molecule has 0 saturated carbocycles. The van der Waals surface area contributed by atoms with Gasteiger partial charge >= 0.3 is 0 Å². The molecule has 0 saturated heterocycles. The number of nitriles is 1. The van der Waals surface area contributed by atoms with Gasteiger partial charge in [-0.15, -0.1) is 0 Å². The third-order valence-electron chi connectivity index (χ3n) is 3.37. The molecule has 0 aromatic heterocycles. The maximum atomic E-state index is 12.2. The zero-order valence-electron chi connectivity index (χ0n) is 13.2. The number of benzene rings is 2. The van der Waals surface area contributed by atoms with E-state index in [0.717, 1.165) is 16.8 Å². The molecular formula is C18H15Cl2N3O. The third kappa shape index (κ3) is 4.51. The summed E-state index contributed by atoms with van der Waals surface area (Å²) in [5.41, 5.74) is 3.03. The average Bonchev–Trinajstić information content (AvgIpc) is 2.54. The van der Waals surface area contributed by atoms with Crippen LogP contribution in [0.15, 0.2) is 48.2 Å². The molecule has 0 aliphatic carbocycles. The van der Waals surface area contributed by atoms with Gasteiger partial charge in [-0.05, 0) is 49.2 Å². The highest BCUT2D eigenvalue weighted by atomic mass is 35.5. The fraction of sp³-hybridized carbons (Fsp3) is 0.111. The van der Waals surface area contributed by atoms with Gasteiger partial charge in [-0.1, -0.05) is 35.3 Å². The van der Waals surface area contributed by atoms with Crippen molar-refractivity contribution in [3.8, 4) is 6.07 Å². The van der Waals surface area contributed by atoms with E-state index in [2.05, 4.69) is 10.6 Å². The molecule has 2 aromatic rings. The average molecular weight is 360 g/mol. The Morgan fingerprint density at radius 2 is 1.83 bits per heavy atom. The molecule has 0 fully saturated rings. The van der Waals surface area contributed by atoms with Crippen molar-refractivity contribution in [1.82, 2.24) is 0 Å². The minimum atomic E-state index is -0.524. The van der Waals surface area contributed by atoms with E-state index in [1.54, 1.807) is 30.3 Å². The SMILES string of the molecule is Cc1ccc(NC(=O)/C(C#N)=C\Nc2cc(Cl)ccc2C)cc1Cl. The summed E-state index contributed by atoms with van der Waals surface area (Å²) in [6.07, 6.45) is 1.35. The predicted octanol–water partition coefficient (Wildman–Crippen LogP) is 5.07. The Morgan fingerprint density at radius 1 is 1.12 bits per heavy atom. The summed E-state index contributed by atoms with van der Waals surface area (Å²) in [7, 11) is 0. The number of carbonyl (C=O) groups excluding carboxylic acids is 1. The van der Waals surface area contributed by atoms with E-state index < -0.39 is 5.91 Å². The number of nitrogens with zero attached hydrogens (tertiary/aromatic N) is 1. The van der Waals surface area contributed by atoms with Crippen molar-refractivity contribution in [2.45, 2.75) is 13.8 Å². The number of anilines is 2. The fourth-order valence-electron chi connectivity index (χ4n) is 1.92. The van der Waals surface area contributed by atoms with Gasteiger partial charge in [-0.25, -0.2) is 0 Å². The van der Waals surface area contributed by atoms with Crippen LogP contribution in [0.2, 0.25) is 10.0 Å². The Balaban J connectivity index is 2.15. The lowest BCUT2D eigenvalue weighted by atomic mass is 10.2. The van der Waals surface area contributed by atoms with Gasteiger partial charge in [-0.2, -0.15) is 5.26 Å². The number of halogens is 2. The monoisotopic (exact) mass is 359 g/mol. The van der Waals surface area contributed by atoms with Gasteiger partial charge in [0.1, 0.15) is 11.6 Å². The van der Waals surface area contributed by atoms with Gasteiger partial charge in [0, 0.05) is 27.6 Å². The molecular weight excluding hydrogens is 345 g/mol. The van der Waals surface area contributed by atoms with Crippen molar-refractivity contribution in [3.05, 3.63) is 69.3 Å². The van der Waals surface area contributed by atoms with Gasteiger partial charge < -0.3 is 10.6 Å². The molecule has 0 atom stereocenters. The van der Waals surface area contributed by atoms with Gasteiger partial charge in [0.2, 0.25) is 0 Å². The lowest BCUT2D eigenvalue weighted by molar-refractivity contribution is -0.112. The molecule has 0 bridgehead atoms. The summed E-state index contributed by atoms with van der Waals surface area (Å²) >= 11 is 12.0. The molecule has 24 heavy (non-hydrogen) atoms. The van der Waals surface area contributed by atoms with Crippen molar-refractivity contribution in [2.24, 2.45) is 0 Å². The number of rotatable bonds is 4. The standard InChI is InChI=1S/C18H15Cl2N3O/c1-11-4-6-15(8-16(11)20)23-18(24)13(9-21)10-22-17-7-14(19)5-3-12(17)2/h3-8,10,22H,1-2H3,(H,23,24)/b13-10-. The molecule has 1 amide bonds. The zero-order chi connectivity index (χ0) is 17.7. The van der Waals surface area contributed by atoms with E-state index >= 15 is 0 Å². The molecule has 2 aromatic carbocycles. The molecule has 0 spiro atoms. The fourth-order valence-corrected chi connectivity index (χ4v) is 2.27. The van der Waals surface area contributed by atoms with E-state index in [9.17, 15) is 10.1 Å². The van der Waals surface area contributed by atoms with Gasteiger partial charge in [0.25, 0.3) is 5.91 Å². The van der Waals surface area contributed by atoms with Gasteiger partial charge in [-0.3, -0.25) is 4.79 Å². The smallest absolute Gasteiger partial charge is 0.267 e. The molecule has 0 heterocycles. The Bertz CT molecular complexity index is 854. The topological polar surface area (TPSA) is 64.9 Å². The van der Waals surface area contributed by atoms with E-state index in [0.29, 0.717) is 15.7 Å². The molecule has 2 N–H and O–H groups in total. The van der Waals surface area contributed by atoms with Crippen LogP contribution >= 0.6 is 23.2 Å². The largest absolute Gasteiger partial charge is 0.360 e.